The highest BCUT2D eigenvalue weighted by Gasteiger charge is 2.29. The standard InChI is InChI=1S/C12H11NO5S/c14-10(15)6-18-8-3-1-7(2-4-8)5-9-11(16)13-12(17)19-9/h1-5,8-9H,6H2,(H,14,15)(H,13,16,17)/p-1. The molecule has 2 aliphatic rings. The zero-order valence-corrected chi connectivity index (χ0v) is 10.5. The number of amides is 2. The first-order chi connectivity index (χ1) is 9.04. The van der Waals surface area contributed by atoms with Crippen molar-refractivity contribution in [2.45, 2.75) is 11.4 Å². The van der Waals surface area contributed by atoms with Crippen molar-refractivity contribution in [1.29, 1.82) is 0 Å². The van der Waals surface area contributed by atoms with E-state index in [9.17, 15) is 19.5 Å². The van der Waals surface area contributed by atoms with Crippen molar-refractivity contribution in [2.24, 2.45) is 0 Å². The summed E-state index contributed by atoms with van der Waals surface area (Å²) in [6.07, 6.45) is 7.96. The van der Waals surface area contributed by atoms with Gasteiger partial charge in [-0.25, -0.2) is 0 Å². The van der Waals surface area contributed by atoms with E-state index in [1.54, 1.807) is 30.4 Å². The molecule has 1 aliphatic carbocycles. The second-order valence-corrected chi connectivity index (χ2v) is 4.96. The van der Waals surface area contributed by atoms with E-state index >= 15 is 0 Å². The maximum atomic E-state index is 11.4. The minimum absolute atomic E-state index is 0.334. The lowest BCUT2D eigenvalue weighted by molar-refractivity contribution is -0.309. The topological polar surface area (TPSA) is 95.5 Å². The molecule has 0 spiro atoms. The van der Waals surface area contributed by atoms with Gasteiger partial charge in [0.15, 0.2) is 0 Å². The van der Waals surface area contributed by atoms with Gasteiger partial charge < -0.3 is 14.6 Å². The lowest BCUT2D eigenvalue weighted by atomic mass is 10.1. The number of carbonyl (C=O) groups excluding carboxylic acids is 3. The Morgan fingerprint density at radius 1 is 1.42 bits per heavy atom. The van der Waals surface area contributed by atoms with Gasteiger partial charge in [0.25, 0.3) is 5.24 Å². The van der Waals surface area contributed by atoms with Crippen LogP contribution in [-0.2, 0) is 14.3 Å². The monoisotopic (exact) mass is 280 g/mol. The summed E-state index contributed by atoms with van der Waals surface area (Å²) >= 11 is 0.921. The lowest BCUT2D eigenvalue weighted by Gasteiger charge is -2.14. The van der Waals surface area contributed by atoms with Gasteiger partial charge in [0, 0.05) is 0 Å². The average molecular weight is 280 g/mol. The Morgan fingerprint density at radius 3 is 2.63 bits per heavy atom. The molecule has 0 aromatic heterocycles. The first kappa shape index (κ1) is 13.6. The molecule has 7 heteroatoms. The van der Waals surface area contributed by atoms with Crippen LogP contribution in [0.3, 0.4) is 0 Å². The molecule has 0 aromatic carbocycles. The molecular formula is C12H10NO5S-. The largest absolute Gasteiger partial charge is 0.548 e. The molecule has 0 bridgehead atoms. The second kappa shape index (κ2) is 5.85. The lowest BCUT2D eigenvalue weighted by Crippen LogP contribution is -2.29. The number of imide groups is 1. The van der Waals surface area contributed by atoms with Crippen LogP contribution in [0.25, 0.3) is 0 Å². The minimum Gasteiger partial charge on any atom is -0.548 e. The first-order valence-electron chi connectivity index (χ1n) is 5.46. The molecule has 0 saturated carbocycles. The highest BCUT2D eigenvalue weighted by atomic mass is 32.2. The maximum Gasteiger partial charge on any atom is 0.286 e. The Kier molecular flexibility index (Phi) is 4.18. The van der Waals surface area contributed by atoms with Crippen molar-refractivity contribution in [3.63, 3.8) is 0 Å². The third-order valence-electron chi connectivity index (χ3n) is 2.41. The summed E-state index contributed by atoms with van der Waals surface area (Å²) < 4.78 is 5.00. The van der Waals surface area contributed by atoms with E-state index in [1.165, 1.54) is 0 Å². The van der Waals surface area contributed by atoms with Crippen LogP contribution in [-0.4, -0.2) is 35.1 Å². The van der Waals surface area contributed by atoms with Crippen LogP contribution in [0.15, 0.2) is 36.0 Å². The van der Waals surface area contributed by atoms with E-state index in [1.807, 2.05) is 0 Å². The van der Waals surface area contributed by atoms with E-state index in [-0.39, 0.29) is 11.1 Å². The van der Waals surface area contributed by atoms with Crippen LogP contribution in [0.4, 0.5) is 4.79 Å². The van der Waals surface area contributed by atoms with Crippen LogP contribution in [0.2, 0.25) is 0 Å². The van der Waals surface area contributed by atoms with Crippen LogP contribution < -0.4 is 10.4 Å². The van der Waals surface area contributed by atoms with Gasteiger partial charge in [-0.3, -0.25) is 14.9 Å². The molecule has 0 aromatic rings. The summed E-state index contributed by atoms with van der Waals surface area (Å²) in [5.74, 6) is -1.61. The van der Waals surface area contributed by atoms with E-state index in [0.717, 1.165) is 17.3 Å². The summed E-state index contributed by atoms with van der Waals surface area (Å²) in [5.41, 5.74) is 0.760. The Balaban J connectivity index is 1.93. The predicted molar refractivity (Wildman–Crippen MR) is 66.0 cm³/mol. The number of nitrogens with one attached hydrogen (secondary N) is 1. The maximum absolute atomic E-state index is 11.4. The van der Waals surface area contributed by atoms with E-state index < -0.39 is 23.9 Å². The molecule has 0 radical (unpaired) electrons. The molecule has 2 rings (SSSR count). The first-order valence-corrected chi connectivity index (χ1v) is 6.34. The number of aliphatic carboxylic acids is 1. The Morgan fingerprint density at radius 2 is 2.11 bits per heavy atom. The fraction of sp³-hybridized carbons (Fsp3) is 0.250. The molecule has 1 atom stereocenters. The quantitative estimate of drug-likeness (QED) is 0.747. The Labute approximate surface area is 113 Å². The summed E-state index contributed by atoms with van der Waals surface area (Å²) in [6, 6.07) is 0. The number of hydrogen-bond donors (Lipinski definition) is 1. The number of carbonyl (C=O) groups is 3. The van der Waals surface area contributed by atoms with Gasteiger partial charge >= 0.3 is 0 Å². The van der Waals surface area contributed by atoms with Crippen molar-refractivity contribution < 1.29 is 24.2 Å². The number of thioether (sulfide) groups is 1. The van der Waals surface area contributed by atoms with Crippen LogP contribution >= 0.6 is 11.8 Å². The van der Waals surface area contributed by atoms with Gasteiger partial charge in [-0.05, 0) is 17.3 Å². The molecule has 6 nitrogen and oxygen atoms in total. The van der Waals surface area contributed by atoms with E-state index in [2.05, 4.69) is 5.32 Å². The molecule has 100 valence electrons. The highest BCUT2D eigenvalue weighted by molar-refractivity contribution is 8.15. The third-order valence-corrected chi connectivity index (χ3v) is 3.33. The summed E-state index contributed by atoms with van der Waals surface area (Å²) in [4.78, 5) is 32.6. The SMILES string of the molecule is O=C([O-])COC1C=CC(=CC2SC(=O)NC2=O)C=C1. The van der Waals surface area contributed by atoms with Crippen molar-refractivity contribution in [1.82, 2.24) is 5.32 Å². The van der Waals surface area contributed by atoms with Gasteiger partial charge in [-0.2, -0.15) is 0 Å². The molecule has 1 N–H and O–H groups in total. The number of ether oxygens (including phenoxy) is 1. The summed E-state index contributed by atoms with van der Waals surface area (Å²) in [5, 5.41) is 11.5. The molecular weight excluding hydrogens is 270 g/mol. The smallest absolute Gasteiger partial charge is 0.286 e. The van der Waals surface area contributed by atoms with E-state index in [4.69, 9.17) is 4.74 Å². The van der Waals surface area contributed by atoms with E-state index in [0.29, 0.717) is 0 Å². The predicted octanol–water partition coefficient (Wildman–Crippen LogP) is -0.474. The van der Waals surface area contributed by atoms with Crippen molar-refractivity contribution in [3.8, 4) is 0 Å². The normalized spacial score (nSPS) is 25.6. The molecule has 2 amide bonds. The zero-order chi connectivity index (χ0) is 13.8. The fourth-order valence-electron chi connectivity index (χ4n) is 1.57. The van der Waals surface area contributed by atoms with Crippen molar-refractivity contribution in [3.05, 3.63) is 36.0 Å². The van der Waals surface area contributed by atoms with Crippen LogP contribution in [0.5, 0.6) is 0 Å². The number of carboxylic acid groups (broad SMARTS) is 1. The Hall–Kier alpha value is -1.86. The number of carboxylic acids is 1. The summed E-state index contributed by atoms with van der Waals surface area (Å²) in [6.45, 7) is -0.478. The van der Waals surface area contributed by atoms with Gasteiger partial charge in [0.1, 0.15) is 5.25 Å². The third kappa shape index (κ3) is 3.80. The van der Waals surface area contributed by atoms with Crippen molar-refractivity contribution >= 4 is 28.9 Å². The molecule has 1 unspecified atom stereocenters. The summed E-state index contributed by atoms with van der Waals surface area (Å²) in [7, 11) is 0. The second-order valence-electron chi connectivity index (χ2n) is 3.85. The van der Waals surface area contributed by atoms with Crippen LogP contribution in [0.1, 0.15) is 0 Å². The van der Waals surface area contributed by atoms with Gasteiger partial charge in [-0.15, -0.1) is 0 Å². The molecule has 1 saturated heterocycles. The number of rotatable bonds is 4. The van der Waals surface area contributed by atoms with Gasteiger partial charge in [0.2, 0.25) is 5.91 Å². The molecule has 1 heterocycles. The number of hydrogen-bond acceptors (Lipinski definition) is 6. The highest BCUT2D eigenvalue weighted by Crippen LogP contribution is 2.23. The van der Waals surface area contributed by atoms with Crippen LogP contribution in [0, 0.1) is 0 Å². The van der Waals surface area contributed by atoms with Gasteiger partial charge in [-0.1, -0.05) is 30.4 Å². The molecule has 1 fully saturated rings. The minimum atomic E-state index is -1.28. The molecule has 1 aliphatic heterocycles. The van der Waals surface area contributed by atoms with Gasteiger partial charge in [0.05, 0.1) is 18.7 Å². The fourth-order valence-corrected chi connectivity index (χ4v) is 2.35. The zero-order valence-electron chi connectivity index (χ0n) is 9.70. The average Bonchev–Trinajstić information content (AvgIpc) is 2.67. The van der Waals surface area contributed by atoms with Crippen molar-refractivity contribution in [2.75, 3.05) is 6.61 Å². The Bertz CT molecular complexity index is 492. The molecule has 19 heavy (non-hydrogen) atoms. The number of allylic oxidation sites excluding steroid dienone is 3.